The van der Waals surface area contributed by atoms with E-state index in [2.05, 4.69) is 16.6 Å². The molecule has 0 saturated heterocycles. The van der Waals surface area contributed by atoms with Crippen molar-refractivity contribution in [1.82, 2.24) is 23.1 Å². The molecule has 0 aromatic carbocycles. The standard InChI is InChI=1S/C16H21N5O4/c1-6-7-19-9(2)10(3)21-12-13(17-15(19)21)18(4)16(24)20(14(12)23)8-11(22)25-5/h6-8H2,1-5H3. The van der Waals surface area contributed by atoms with E-state index in [1.807, 2.05) is 18.4 Å². The van der Waals surface area contributed by atoms with Gasteiger partial charge in [-0.15, -0.1) is 0 Å². The minimum atomic E-state index is -0.657. The Hall–Kier alpha value is -2.84. The van der Waals surface area contributed by atoms with Crippen molar-refractivity contribution in [2.45, 2.75) is 40.3 Å². The molecule has 0 fully saturated rings. The molecule has 0 atom stereocenters. The highest BCUT2D eigenvalue weighted by Gasteiger charge is 2.23. The van der Waals surface area contributed by atoms with Crippen molar-refractivity contribution in [3.8, 4) is 0 Å². The zero-order valence-electron chi connectivity index (χ0n) is 15.0. The number of hydrogen-bond acceptors (Lipinski definition) is 5. The number of imidazole rings is 2. The van der Waals surface area contributed by atoms with Crippen molar-refractivity contribution >= 4 is 22.9 Å². The summed E-state index contributed by atoms with van der Waals surface area (Å²) in [7, 11) is 2.75. The largest absolute Gasteiger partial charge is 0.468 e. The smallest absolute Gasteiger partial charge is 0.333 e. The van der Waals surface area contributed by atoms with E-state index < -0.39 is 23.8 Å². The number of carbonyl (C=O) groups is 1. The fourth-order valence-corrected chi connectivity index (χ4v) is 3.14. The Morgan fingerprint density at radius 2 is 1.84 bits per heavy atom. The Morgan fingerprint density at radius 1 is 1.16 bits per heavy atom. The Kier molecular flexibility index (Phi) is 4.02. The van der Waals surface area contributed by atoms with Crippen LogP contribution in [0.1, 0.15) is 24.7 Å². The summed E-state index contributed by atoms with van der Waals surface area (Å²) >= 11 is 0. The second-order valence-electron chi connectivity index (χ2n) is 6.05. The third-order valence-corrected chi connectivity index (χ3v) is 4.59. The lowest BCUT2D eigenvalue weighted by molar-refractivity contribution is -0.141. The molecule has 0 radical (unpaired) electrons. The highest BCUT2D eigenvalue weighted by Crippen LogP contribution is 2.20. The van der Waals surface area contributed by atoms with Crippen molar-refractivity contribution in [1.29, 1.82) is 0 Å². The van der Waals surface area contributed by atoms with Gasteiger partial charge in [0.15, 0.2) is 11.2 Å². The third-order valence-electron chi connectivity index (χ3n) is 4.59. The van der Waals surface area contributed by atoms with Gasteiger partial charge in [0.25, 0.3) is 5.56 Å². The summed E-state index contributed by atoms with van der Waals surface area (Å²) < 4.78 is 10.6. The van der Waals surface area contributed by atoms with Crippen LogP contribution in [-0.4, -0.2) is 36.2 Å². The maximum absolute atomic E-state index is 12.9. The molecule has 25 heavy (non-hydrogen) atoms. The lowest BCUT2D eigenvalue weighted by Crippen LogP contribution is -2.41. The van der Waals surface area contributed by atoms with E-state index in [0.717, 1.165) is 28.9 Å². The average molecular weight is 347 g/mol. The second-order valence-corrected chi connectivity index (χ2v) is 6.05. The number of hydrogen-bond donors (Lipinski definition) is 0. The molecule has 9 heteroatoms. The molecule has 0 aliphatic heterocycles. The van der Waals surface area contributed by atoms with Crippen LogP contribution in [-0.2, 0) is 29.7 Å². The Balaban J connectivity index is 2.47. The quantitative estimate of drug-likeness (QED) is 0.635. The van der Waals surface area contributed by atoms with E-state index in [1.165, 1.54) is 18.7 Å². The van der Waals surface area contributed by atoms with Crippen molar-refractivity contribution < 1.29 is 9.53 Å². The minimum Gasteiger partial charge on any atom is -0.468 e. The summed E-state index contributed by atoms with van der Waals surface area (Å²) in [6.45, 7) is 6.27. The lowest BCUT2D eigenvalue weighted by atomic mass is 10.3. The summed E-state index contributed by atoms with van der Waals surface area (Å²) in [6.07, 6.45) is 0.916. The maximum atomic E-state index is 12.9. The fourth-order valence-electron chi connectivity index (χ4n) is 3.14. The molecule has 0 unspecified atom stereocenters. The van der Waals surface area contributed by atoms with Crippen molar-refractivity contribution in [2.75, 3.05) is 7.11 Å². The molecule has 3 aromatic rings. The summed E-state index contributed by atoms with van der Waals surface area (Å²) in [4.78, 5) is 41.5. The lowest BCUT2D eigenvalue weighted by Gasteiger charge is -2.07. The van der Waals surface area contributed by atoms with Crippen LogP contribution in [0.3, 0.4) is 0 Å². The van der Waals surface area contributed by atoms with Gasteiger partial charge in [-0.25, -0.2) is 9.36 Å². The Morgan fingerprint density at radius 3 is 2.44 bits per heavy atom. The van der Waals surface area contributed by atoms with Gasteiger partial charge < -0.3 is 9.30 Å². The van der Waals surface area contributed by atoms with Crippen LogP contribution in [0.25, 0.3) is 16.9 Å². The van der Waals surface area contributed by atoms with E-state index in [-0.39, 0.29) is 5.52 Å². The average Bonchev–Trinajstić information content (AvgIpc) is 3.09. The van der Waals surface area contributed by atoms with E-state index in [1.54, 1.807) is 4.40 Å². The predicted octanol–water partition coefficient (Wildman–Crippen LogP) is 0.349. The monoisotopic (exact) mass is 347 g/mol. The number of fused-ring (bicyclic) bond motifs is 3. The van der Waals surface area contributed by atoms with Gasteiger partial charge in [0, 0.05) is 25.0 Å². The van der Waals surface area contributed by atoms with E-state index >= 15 is 0 Å². The van der Waals surface area contributed by atoms with Crippen molar-refractivity contribution in [3.63, 3.8) is 0 Å². The zero-order valence-corrected chi connectivity index (χ0v) is 15.0. The number of nitrogens with zero attached hydrogens (tertiary/aromatic N) is 5. The van der Waals surface area contributed by atoms with Gasteiger partial charge in [-0.3, -0.25) is 18.6 Å². The summed E-state index contributed by atoms with van der Waals surface area (Å²) in [5.41, 5.74) is 1.34. The number of rotatable bonds is 4. The van der Waals surface area contributed by atoms with Gasteiger partial charge in [0.05, 0.1) is 7.11 Å². The van der Waals surface area contributed by atoms with Gasteiger partial charge in [0.1, 0.15) is 6.54 Å². The van der Waals surface area contributed by atoms with Gasteiger partial charge in [-0.2, -0.15) is 4.98 Å². The SMILES string of the molecule is CCCn1c(C)c(C)n2c3c(=O)n(CC(=O)OC)c(=O)n(C)c3nc12. The summed E-state index contributed by atoms with van der Waals surface area (Å²) in [5, 5.41) is 0. The van der Waals surface area contributed by atoms with Crippen LogP contribution >= 0.6 is 0 Å². The van der Waals surface area contributed by atoms with Gasteiger partial charge in [-0.05, 0) is 20.3 Å². The molecule has 3 heterocycles. The van der Waals surface area contributed by atoms with E-state index in [4.69, 9.17) is 0 Å². The van der Waals surface area contributed by atoms with Gasteiger partial charge >= 0.3 is 11.7 Å². The molecule has 0 N–H and O–H groups in total. The van der Waals surface area contributed by atoms with Crippen LogP contribution < -0.4 is 11.2 Å². The highest BCUT2D eigenvalue weighted by atomic mass is 16.5. The normalized spacial score (nSPS) is 11.6. The number of ether oxygens (including phenoxy) is 1. The molecule has 0 aliphatic carbocycles. The molecule has 0 aliphatic rings. The van der Waals surface area contributed by atoms with Gasteiger partial charge in [-0.1, -0.05) is 6.92 Å². The molecule has 0 saturated carbocycles. The minimum absolute atomic E-state index is 0.288. The number of esters is 1. The number of aryl methyl sites for hydroxylation is 3. The highest BCUT2D eigenvalue weighted by molar-refractivity contribution is 5.77. The van der Waals surface area contributed by atoms with Crippen LogP contribution in [0.4, 0.5) is 0 Å². The first-order valence-corrected chi connectivity index (χ1v) is 8.07. The second kappa shape index (κ2) is 5.91. The van der Waals surface area contributed by atoms with Crippen LogP contribution in [0.2, 0.25) is 0 Å². The molecular formula is C16H21N5O4. The topological polar surface area (TPSA) is 92.5 Å². The van der Waals surface area contributed by atoms with Crippen molar-refractivity contribution in [3.05, 3.63) is 32.2 Å². The predicted molar refractivity (Wildman–Crippen MR) is 92.0 cm³/mol. The molecule has 0 amide bonds. The van der Waals surface area contributed by atoms with Crippen LogP contribution in [0.15, 0.2) is 9.59 Å². The summed E-state index contributed by atoms with van der Waals surface area (Å²) in [6, 6.07) is 0. The third kappa shape index (κ3) is 2.30. The van der Waals surface area contributed by atoms with Crippen LogP contribution in [0, 0.1) is 13.8 Å². The Labute approximate surface area is 143 Å². The molecule has 3 rings (SSSR count). The van der Waals surface area contributed by atoms with Crippen LogP contribution in [0.5, 0.6) is 0 Å². The first kappa shape index (κ1) is 17.0. The summed E-state index contributed by atoms with van der Waals surface area (Å²) in [5.74, 6) is -0.0365. The zero-order chi connectivity index (χ0) is 18.5. The number of carbonyl (C=O) groups excluding carboxylic acids is 1. The molecule has 0 spiro atoms. The molecule has 134 valence electrons. The molecule has 9 nitrogen and oxygen atoms in total. The number of aromatic nitrogens is 5. The van der Waals surface area contributed by atoms with E-state index in [0.29, 0.717) is 11.4 Å². The maximum Gasteiger partial charge on any atom is 0.333 e. The molecule has 3 aromatic heterocycles. The number of methoxy groups -OCH3 is 1. The first-order chi connectivity index (χ1) is 11.8. The molecular weight excluding hydrogens is 326 g/mol. The molecule has 0 bridgehead atoms. The Bertz CT molecular complexity index is 1110. The van der Waals surface area contributed by atoms with Gasteiger partial charge in [0.2, 0.25) is 5.78 Å². The van der Waals surface area contributed by atoms with E-state index in [9.17, 15) is 14.4 Å². The fraction of sp³-hybridized carbons (Fsp3) is 0.500. The first-order valence-electron chi connectivity index (χ1n) is 8.07. The van der Waals surface area contributed by atoms with Crippen molar-refractivity contribution in [2.24, 2.45) is 7.05 Å².